The number of fused-ring (bicyclic) bond motifs is 2. The van der Waals surface area contributed by atoms with Crippen LogP contribution in [0.2, 0.25) is 0 Å². The van der Waals surface area contributed by atoms with Gasteiger partial charge in [-0.15, -0.1) is 12.6 Å². The van der Waals surface area contributed by atoms with Crippen molar-refractivity contribution in [3.05, 3.63) is 64.2 Å². The maximum Gasteiger partial charge on any atom is 0.195 e. The summed E-state index contributed by atoms with van der Waals surface area (Å²) in [4.78, 5) is 25.9. The van der Waals surface area contributed by atoms with E-state index in [1.165, 1.54) is 0 Å². The molecule has 2 nitrogen and oxygen atoms in total. The van der Waals surface area contributed by atoms with Crippen LogP contribution in [0.5, 0.6) is 0 Å². The first-order chi connectivity index (χ1) is 10.1. The van der Waals surface area contributed by atoms with Gasteiger partial charge in [0.1, 0.15) is 0 Å². The predicted molar refractivity (Wildman–Crippen MR) is 85.6 cm³/mol. The van der Waals surface area contributed by atoms with Crippen molar-refractivity contribution in [3.8, 4) is 0 Å². The Hall–Kier alpha value is -1.87. The van der Waals surface area contributed by atoms with Crippen molar-refractivity contribution in [2.75, 3.05) is 0 Å². The smallest absolute Gasteiger partial charge is 0.195 e. The van der Waals surface area contributed by atoms with E-state index in [1.54, 1.807) is 30.3 Å². The maximum absolute atomic E-state index is 12.7. The van der Waals surface area contributed by atoms with Gasteiger partial charge >= 0.3 is 0 Å². The van der Waals surface area contributed by atoms with E-state index in [2.05, 4.69) is 19.6 Å². The molecule has 2 aromatic carbocycles. The lowest BCUT2D eigenvalue weighted by molar-refractivity contribution is 0.0977. The zero-order valence-electron chi connectivity index (χ0n) is 11.8. The summed E-state index contributed by atoms with van der Waals surface area (Å²) >= 11 is 4.54. The second-order valence-corrected chi connectivity index (χ2v) is 5.75. The molecule has 0 fully saturated rings. The summed E-state index contributed by atoms with van der Waals surface area (Å²) in [5.41, 5.74) is 2.96. The zero-order chi connectivity index (χ0) is 15.0. The Labute approximate surface area is 129 Å². The Kier molecular flexibility index (Phi) is 3.68. The summed E-state index contributed by atoms with van der Waals surface area (Å²) in [7, 11) is 0. The average Bonchev–Trinajstić information content (AvgIpc) is 2.51. The van der Waals surface area contributed by atoms with Crippen LogP contribution in [0.1, 0.15) is 57.2 Å². The minimum Gasteiger partial charge on any atom is -0.289 e. The van der Waals surface area contributed by atoms with Gasteiger partial charge in [-0.05, 0) is 24.5 Å². The summed E-state index contributed by atoms with van der Waals surface area (Å²) in [5.74, 6) is -0.180. The average molecular weight is 296 g/mol. The third-order valence-corrected chi connectivity index (χ3v) is 4.46. The number of thiol groups is 1. The number of benzene rings is 2. The van der Waals surface area contributed by atoms with Gasteiger partial charge in [-0.3, -0.25) is 9.59 Å². The van der Waals surface area contributed by atoms with Gasteiger partial charge in [0.2, 0.25) is 0 Å². The molecular weight excluding hydrogens is 280 g/mol. The van der Waals surface area contributed by atoms with Gasteiger partial charge in [0.25, 0.3) is 0 Å². The minimum absolute atomic E-state index is 0.0856. The van der Waals surface area contributed by atoms with Gasteiger partial charge in [-0.2, -0.15) is 0 Å². The van der Waals surface area contributed by atoms with Gasteiger partial charge < -0.3 is 0 Å². The van der Waals surface area contributed by atoms with E-state index in [0.717, 1.165) is 24.8 Å². The SMILES string of the molecule is CCCCc1ccc2c(c1S)C(=O)c1ccccc1C2=O. The van der Waals surface area contributed by atoms with Gasteiger partial charge in [-0.25, -0.2) is 0 Å². The molecule has 3 heteroatoms. The molecule has 1 aliphatic carbocycles. The molecule has 0 bridgehead atoms. The number of aryl methyl sites for hydroxylation is 1. The first-order valence-corrected chi connectivity index (χ1v) is 7.63. The fourth-order valence-corrected chi connectivity index (χ4v) is 3.19. The molecule has 0 heterocycles. The third kappa shape index (κ3) is 2.22. The normalized spacial score (nSPS) is 13.0. The molecule has 0 saturated heterocycles. The van der Waals surface area contributed by atoms with Crippen LogP contribution in [0.25, 0.3) is 0 Å². The molecular formula is C18H16O2S. The molecule has 0 radical (unpaired) electrons. The Balaban J connectivity index is 2.17. The van der Waals surface area contributed by atoms with Crippen molar-refractivity contribution in [2.45, 2.75) is 31.1 Å². The standard InChI is InChI=1S/C18H16O2S/c1-2-3-6-11-9-10-14-15(18(11)21)17(20)13-8-5-4-7-12(13)16(14)19/h4-5,7-10,21H,2-3,6H2,1H3. The quantitative estimate of drug-likeness (QED) is 0.739. The first kappa shape index (κ1) is 14.1. The second-order valence-electron chi connectivity index (χ2n) is 5.30. The van der Waals surface area contributed by atoms with Gasteiger partial charge in [-0.1, -0.05) is 43.7 Å². The number of unbranched alkanes of at least 4 members (excludes halogenated alkanes) is 1. The summed E-state index contributed by atoms with van der Waals surface area (Å²) < 4.78 is 0. The van der Waals surface area contributed by atoms with E-state index < -0.39 is 0 Å². The lowest BCUT2D eigenvalue weighted by Gasteiger charge is -2.20. The van der Waals surface area contributed by atoms with Crippen molar-refractivity contribution in [1.29, 1.82) is 0 Å². The van der Waals surface area contributed by atoms with Crippen LogP contribution in [0, 0.1) is 0 Å². The monoisotopic (exact) mass is 296 g/mol. The van der Waals surface area contributed by atoms with Crippen molar-refractivity contribution in [1.82, 2.24) is 0 Å². The Morgan fingerprint density at radius 2 is 1.57 bits per heavy atom. The van der Waals surface area contributed by atoms with E-state index in [4.69, 9.17) is 0 Å². The molecule has 106 valence electrons. The summed E-state index contributed by atoms with van der Waals surface area (Å²) in [5, 5.41) is 0. The van der Waals surface area contributed by atoms with E-state index >= 15 is 0 Å². The number of carbonyl (C=O) groups excluding carboxylic acids is 2. The molecule has 0 unspecified atom stereocenters. The van der Waals surface area contributed by atoms with Crippen molar-refractivity contribution < 1.29 is 9.59 Å². The van der Waals surface area contributed by atoms with Gasteiger partial charge in [0, 0.05) is 27.1 Å². The Morgan fingerprint density at radius 3 is 2.24 bits per heavy atom. The van der Waals surface area contributed by atoms with Crippen LogP contribution in [0.3, 0.4) is 0 Å². The molecule has 0 N–H and O–H groups in total. The Bertz CT molecular complexity index is 747. The third-order valence-electron chi connectivity index (χ3n) is 3.95. The largest absolute Gasteiger partial charge is 0.289 e. The van der Waals surface area contributed by atoms with Crippen molar-refractivity contribution in [3.63, 3.8) is 0 Å². The van der Waals surface area contributed by atoms with Crippen molar-refractivity contribution in [2.24, 2.45) is 0 Å². The van der Waals surface area contributed by atoms with E-state index in [-0.39, 0.29) is 11.6 Å². The number of hydrogen-bond acceptors (Lipinski definition) is 3. The number of rotatable bonds is 3. The first-order valence-electron chi connectivity index (χ1n) is 7.18. The number of ketones is 2. The fraction of sp³-hybridized carbons (Fsp3) is 0.222. The predicted octanol–water partition coefficient (Wildman–Crippen LogP) is 4.09. The lowest BCUT2D eigenvalue weighted by atomic mass is 9.83. The van der Waals surface area contributed by atoms with E-state index in [0.29, 0.717) is 27.1 Å². The lowest BCUT2D eigenvalue weighted by Crippen LogP contribution is -2.22. The van der Waals surface area contributed by atoms with Gasteiger partial charge in [0.15, 0.2) is 11.6 Å². The highest BCUT2D eigenvalue weighted by molar-refractivity contribution is 7.80. The van der Waals surface area contributed by atoms with Crippen LogP contribution in [0.15, 0.2) is 41.3 Å². The number of carbonyl (C=O) groups is 2. The number of hydrogen-bond donors (Lipinski definition) is 1. The Morgan fingerprint density at radius 1 is 0.905 bits per heavy atom. The molecule has 21 heavy (non-hydrogen) atoms. The van der Waals surface area contributed by atoms with Crippen molar-refractivity contribution >= 4 is 24.2 Å². The van der Waals surface area contributed by atoms with Gasteiger partial charge in [0.05, 0.1) is 0 Å². The second kappa shape index (κ2) is 5.49. The highest BCUT2D eigenvalue weighted by Gasteiger charge is 2.31. The molecule has 0 spiro atoms. The van der Waals surface area contributed by atoms with Crippen LogP contribution in [0.4, 0.5) is 0 Å². The molecule has 0 amide bonds. The van der Waals surface area contributed by atoms with Crippen LogP contribution < -0.4 is 0 Å². The molecule has 0 atom stereocenters. The van der Waals surface area contributed by atoms with Crippen LogP contribution in [-0.4, -0.2) is 11.6 Å². The molecule has 1 aliphatic rings. The molecule has 0 aromatic heterocycles. The molecule has 2 aromatic rings. The molecule has 0 aliphatic heterocycles. The molecule has 3 rings (SSSR count). The topological polar surface area (TPSA) is 34.1 Å². The summed E-state index contributed by atoms with van der Waals surface area (Å²) in [6.45, 7) is 2.13. The molecule has 0 saturated carbocycles. The zero-order valence-corrected chi connectivity index (χ0v) is 12.7. The minimum atomic E-state index is -0.0939. The fourth-order valence-electron chi connectivity index (χ4n) is 2.78. The summed E-state index contributed by atoms with van der Waals surface area (Å²) in [6.07, 6.45) is 3.01. The van der Waals surface area contributed by atoms with E-state index in [9.17, 15) is 9.59 Å². The van der Waals surface area contributed by atoms with Crippen LogP contribution in [-0.2, 0) is 6.42 Å². The highest BCUT2D eigenvalue weighted by Crippen LogP contribution is 2.33. The van der Waals surface area contributed by atoms with E-state index in [1.807, 2.05) is 6.07 Å². The maximum atomic E-state index is 12.7. The highest BCUT2D eigenvalue weighted by atomic mass is 32.1. The van der Waals surface area contributed by atoms with Crippen LogP contribution >= 0.6 is 12.6 Å². The summed E-state index contributed by atoms with van der Waals surface area (Å²) in [6, 6.07) is 10.7.